The first-order valence-electron chi connectivity index (χ1n) is 19.9. The lowest BCUT2D eigenvalue weighted by Gasteiger charge is -2.50. The monoisotopic (exact) mass is 784 g/mol. The van der Waals surface area contributed by atoms with Crippen molar-refractivity contribution in [1.82, 2.24) is 4.90 Å². The summed E-state index contributed by atoms with van der Waals surface area (Å²) < 4.78 is 32.4. The van der Waals surface area contributed by atoms with Gasteiger partial charge in [-0.15, -0.1) is 0 Å². The smallest absolute Gasteiger partial charge is 0.407 e. The van der Waals surface area contributed by atoms with Gasteiger partial charge >= 0.3 is 6.09 Å². The zero-order valence-electron chi connectivity index (χ0n) is 35.0. The molecule has 2 amide bonds. The number of nitrogens with one attached hydrogen (secondary N) is 1. The Labute approximate surface area is 326 Å². The normalized spacial score (nSPS) is 20.8. The van der Waals surface area contributed by atoms with Gasteiger partial charge in [-0.2, -0.15) is 0 Å². The summed E-state index contributed by atoms with van der Waals surface area (Å²) in [7, 11) is -2.18. The molecule has 1 fully saturated rings. The third-order valence-corrected chi connectivity index (χ3v) is 19.3. The highest BCUT2D eigenvalue weighted by molar-refractivity contribution is 6.77. The summed E-state index contributed by atoms with van der Waals surface area (Å²) in [4.78, 5) is 27.6. The Morgan fingerprint density at radius 1 is 0.926 bits per heavy atom. The highest BCUT2D eigenvalue weighted by atomic mass is 28.4. The molecular formula is C42H68N2O8Si2. The second kappa shape index (κ2) is 18.5. The van der Waals surface area contributed by atoms with Crippen molar-refractivity contribution in [2.45, 2.75) is 134 Å². The molecule has 0 radical (unpaired) electrons. The van der Waals surface area contributed by atoms with Gasteiger partial charge in [-0.05, 0) is 59.8 Å². The maximum Gasteiger partial charge on any atom is 0.407 e. The molecule has 2 aromatic carbocycles. The number of para-hydroxylation sites is 1. The third-order valence-electron chi connectivity index (χ3n) is 11.5. The van der Waals surface area contributed by atoms with Gasteiger partial charge in [-0.25, -0.2) is 4.79 Å². The van der Waals surface area contributed by atoms with Gasteiger partial charge in [0.15, 0.2) is 0 Å². The molecule has 2 aromatic rings. The van der Waals surface area contributed by atoms with E-state index in [1.54, 1.807) is 7.11 Å². The molecule has 1 saturated heterocycles. The van der Waals surface area contributed by atoms with E-state index in [1.807, 2.05) is 44.2 Å². The third kappa shape index (κ3) is 10.2. The van der Waals surface area contributed by atoms with E-state index in [2.05, 4.69) is 78.6 Å². The molecule has 2 heterocycles. The number of anilines is 1. The molecule has 4 rings (SSSR count). The Morgan fingerprint density at radius 3 is 2.13 bits per heavy atom. The highest BCUT2D eigenvalue weighted by Gasteiger charge is 2.51. The van der Waals surface area contributed by atoms with Crippen molar-refractivity contribution >= 4 is 34.1 Å². The van der Waals surface area contributed by atoms with E-state index in [0.717, 1.165) is 40.6 Å². The van der Waals surface area contributed by atoms with Crippen LogP contribution in [0.2, 0.25) is 42.3 Å². The van der Waals surface area contributed by atoms with E-state index in [0.29, 0.717) is 36.4 Å². The zero-order chi connectivity index (χ0) is 40.0. The molecule has 12 heteroatoms. The SMILES string of the molecule is COCCCOc1ccc([C@@H]2[C@@H](OC(COCC[Si](C)(C)C)c3cccc4c3NC(=O)C4(C)C)CN(C(=O)O)C[C@H]2O[Si](C(C)C)(C(C)C)C(C)C)cc1. The summed E-state index contributed by atoms with van der Waals surface area (Å²) in [5, 5.41) is 13.7. The molecule has 2 aliphatic heterocycles. The lowest BCUT2D eigenvalue weighted by atomic mass is 9.84. The van der Waals surface area contributed by atoms with Crippen molar-refractivity contribution in [3.05, 3.63) is 59.2 Å². The standard InChI is InChI=1S/C42H68N2O8Si2/c1-28(2)54(29(3)4,30(5)6)52-36-26-44(41(46)47)25-35(38(36)31-17-19-32(20-18-31)50-22-14-21-48-9)51-37(27-49-23-24-53(10,11)12)33-15-13-16-34-39(33)43-40(45)42(34,7)8/h13,15-20,28-30,35-38H,14,21-27H2,1-12H3,(H,43,45)(H,46,47)/t35-,36+,37?,38+/m0/s1. The molecule has 2 aliphatic rings. The average molecular weight is 785 g/mol. The summed E-state index contributed by atoms with van der Waals surface area (Å²) in [5.41, 5.74) is 3.69. The van der Waals surface area contributed by atoms with Crippen molar-refractivity contribution in [3.63, 3.8) is 0 Å². The van der Waals surface area contributed by atoms with Crippen molar-refractivity contribution in [2.24, 2.45) is 0 Å². The van der Waals surface area contributed by atoms with Crippen LogP contribution in [0.25, 0.3) is 0 Å². The molecule has 302 valence electrons. The van der Waals surface area contributed by atoms with Crippen molar-refractivity contribution in [1.29, 1.82) is 0 Å². The predicted molar refractivity (Wildman–Crippen MR) is 221 cm³/mol. The van der Waals surface area contributed by atoms with Crippen LogP contribution < -0.4 is 10.1 Å². The lowest BCUT2D eigenvalue weighted by Crippen LogP contribution is -2.59. The lowest BCUT2D eigenvalue weighted by molar-refractivity contribution is -0.119. The average Bonchev–Trinajstić information content (AvgIpc) is 3.33. The summed E-state index contributed by atoms with van der Waals surface area (Å²) in [5.74, 6) is 0.403. The minimum absolute atomic E-state index is 0.0636. The number of piperidine rings is 1. The molecule has 54 heavy (non-hydrogen) atoms. The van der Waals surface area contributed by atoms with Crippen LogP contribution in [0.1, 0.15) is 90.5 Å². The van der Waals surface area contributed by atoms with E-state index in [4.69, 9.17) is 23.4 Å². The fourth-order valence-electron chi connectivity index (χ4n) is 8.52. The molecule has 0 aromatic heterocycles. The van der Waals surface area contributed by atoms with Crippen LogP contribution in [0.15, 0.2) is 42.5 Å². The Bertz CT molecular complexity index is 1520. The second-order valence-corrected chi connectivity index (χ2v) is 28.9. The zero-order valence-corrected chi connectivity index (χ0v) is 37.0. The van der Waals surface area contributed by atoms with Gasteiger partial charge in [0.2, 0.25) is 14.2 Å². The number of amides is 2. The maximum atomic E-state index is 13.2. The Balaban J connectivity index is 1.83. The number of hydrogen-bond donors (Lipinski definition) is 2. The van der Waals surface area contributed by atoms with E-state index < -0.39 is 46.2 Å². The first-order chi connectivity index (χ1) is 25.3. The molecule has 0 aliphatic carbocycles. The number of rotatable bonds is 19. The molecule has 0 bridgehead atoms. The van der Waals surface area contributed by atoms with Gasteiger partial charge in [0.1, 0.15) is 11.9 Å². The summed E-state index contributed by atoms with van der Waals surface area (Å²) in [6, 6.07) is 15.1. The number of hydrogen-bond acceptors (Lipinski definition) is 7. The first kappa shape index (κ1) is 44.0. The number of likely N-dealkylation sites (tertiary alicyclic amines) is 1. The largest absolute Gasteiger partial charge is 0.494 e. The predicted octanol–water partition coefficient (Wildman–Crippen LogP) is 9.45. The molecular weight excluding hydrogens is 717 g/mol. The molecule has 0 spiro atoms. The second-order valence-electron chi connectivity index (χ2n) is 17.8. The van der Waals surface area contributed by atoms with Crippen LogP contribution in [0.5, 0.6) is 5.75 Å². The minimum Gasteiger partial charge on any atom is -0.494 e. The number of nitrogens with zero attached hydrogens (tertiary/aromatic N) is 1. The number of carbonyl (C=O) groups is 2. The number of methoxy groups -OCH3 is 1. The van der Waals surface area contributed by atoms with E-state index in [-0.39, 0.29) is 31.5 Å². The van der Waals surface area contributed by atoms with Crippen LogP contribution in [0.3, 0.4) is 0 Å². The van der Waals surface area contributed by atoms with E-state index >= 15 is 0 Å². The van der Waals surface area contributed by atoms with Crippen LogP contribution in [0.4, 0.5) is 10.5 Å². The quantitative estimate of drug-likeness (QED) is 0.107. The van der Waals surface area contributed by atoms with Gasteiger partial charge < -0.3 is 38.7 Å². The minimum atomic E-state index is -2.49. The summed E-state index contributed by atoms with van der Waals surface area (Å²) in [6.07, 6.45) is -1.84. The first-order valence-corrected chi connectivity index (χ1v) is 25.7. The van der Waals surface area contributed by atoms with Gasteiger partial charge in [-0.3, -0.25) is 4.79 Å². The Kier molecular flexibility index (Phi) is 15.0. The molecule has 4 atom stereocenters. The van der Waals surface area contributed by atoms with Crippen LogP contribution in [0, 0.1) is 0 Å². The Hall–Kier alpha value is -2.75. The van der Waals surface area contributed by atoms with E-state index in [9.17, 15) is 14.7 Å². The summed E-state index contributed by atoms with van der Waals surface area (Å²) in [6.45, 7) is 26.8. The van der Waals surface area contributed by atoms with Gasteiger partial charge in [0, 0.05) is 52.8 Å². The van der Waals surface area contributed by atoms with E-state index in [1.165, 1.54) is 4.90 Å². The molecule has 1 unspecified atom stereocenters. The fraction of sp³-hybridized carbons (Fsp3) is 0.667. The van der Waals surface area contributed by atoms with Gasteiger partial charge in [-0.1, -0.05) is 91.5 Å². The fourth-order valence-corrected chi connectivity index (χ4v) is 14.8. The van der Waals surface area contributed by atoms with Crippen LogP contribution >= 0.6 is 0 Å². The number of benzene rings is 2. The molecule has 2 N–H and O–H groups in total. The van der Waals surface area contributed by atoms with Gasteiger partial charge in [0.25, 0.3) is 0 Å². The number of carboxylic acid groups (broad SMARTS) is 1. The van der Waals surface area contributed by atoms with Crippen molar-refractivity contribution < 1.29 is 38.1 Å². The topological polar surface area (TPSA) is 116 Å². The molecule has 10 nitrogen and oxygen atoms in total. The number of fused-ring (bicyclic) bond motifs is 1. The van der Waals surface area contributed by atoms with Crippen molar-refractivity contribution in [3.8, 4) is 5.75 Å². The molecule has 0 saturated carbocycles. The summed E-state index contributed by atoms with van der Waals surface area (Å²) >= 11 is 0. The Morgan fingerprint density at radius 2 is 1.56 bits per heavy atom. The maximum absolute atomic E-state index is 13.2. The number of ether oxygens (including phenoxy) is 4. The van der Waals surface area contributed by atoms with Crippen LogP contribution in [-0.2, 0) is 28.8 Å². The van der Waals surface area contributed by atoms with Crippen LogP contribution in [-0.4, -0.2) is 97.2 Å². The number of carbonyl (C=O) groups excluding carboxylic acids is 1. The highest BCUT2D eigenvalue weighted by Crippen LogP contribution is 2.48. The van der Waals surface area contributed by atoms with Crippen molar-refractivity contribution in [2.75, 3.05) is 51.9 Å². The van der Waals surface area contributed by atoms with Gasteiger partial charge in [0.05, 0.1) is 43.1 Å².